The van der Waals surface area contributed by atoms with E-state index in [-0.39, 0.29) is 17.2 Å². The summed E-state index contributed by atoms with van der Waals surface area (Å²) in [5, 5.41) is 2.80. The molecule has 8 heteroatoms. The zero-order chi connectivity index (χ0) is 20.4. The van der Waals surface area contributed by atoms with Crippen molar-refractivity contribution in [2.24, 2.45) is 0 Å². The van der Waals surface area contributed by atoms with Crippen LogP contribution in [0.5, 0.6) is 0 Å². The van der Waals surface area contributed by atoms with Crippen LogP contribution in [0.4, 0.5) is 5.69 Å². The maximum absolute atomic E-state index is 12.5. The Hall–Kier alpha value is -3.06. The number of rotatable bonds is 5. The molecule has 1 aliphatic rings. The van der Waals surface area contributed by atoms with E-state index in [0.29, 0.717) is 40.4 Å². The number of amides is 1. The van der Waals surface area contributed by atoms with Gasteiger partial charge in [-0.15, -0.1) is 11.6 Å². The number of aromatic amines is 1. The van der Waals surface area contributed by atoms with Crippen molar-refractivity contribution >= 4 is 46.8 Å². The van der Waals surface area contributed by atoms with E-state index in [1.807, 2.05) is 18.2 Å². The normalized spacial score (nSPS) is 14.0. The lowest BCUT2D eigenvalue weighted by Crippen LogP contribution is -2.11. The first kappa shape index (κ1) is 19.7. The number of aryl methyl sites for hydroxylation is 2. The zero-order valence-corrected chi connectivity index (χ0v) is 16.4. The first-order chi connectivity index (χ1) is 13.4. The number of carbonyl (C=O) groups excluding carboxylic acids is 3. The van der Waals surface area contributed by atoms with E-state index in [1.165, 1.54) is 14.2 Å². The molecule has 7 nitrogen and oxygen atoms in total. The van der Waals surface area contributed by atoms with Crippen LogP contribution in [0.3, 0.4) is 0 Å². The predicted octanol–water partition coefficient (Wildman–Crippen LogP) is 3.17. The standard InChI is InChI=1S/C20H19ClN2O5/c1-10-12(16(19(25)27-2)17(22-10)20(26)28-3)9-14-13-8-11(6-7-21)4-5-15(13)23-18(14)24/h4-5,8-9,22H,6-7H2,1-3H3,(H,23,24). The molecule has 0 saturated carbocycles. The Balaban J connectivity index is 2.18. The van der Waals surface area contributed by atoms with E-state index in [2.05, 4.69) is 10.3 Å². The summed E-state index contributed by atoms with van der Waals surface area (Å²) in [7, 11) is 2.44. The SMILES string of the molecule is COC(=O)c1[nH]c(C)c(C=C2C(=O)Nc3ccc(CCCl)cc32)c1C(=O)OC. The number of hydrogen-bond acceptors (Lipinski definition) is 5. The number of esters is 2. The fraction of sp³-hybridized carbons (Fsp3) is 0.250. The molecule has 0 spiro atoms. The number of anilines is 1. The highest BCUT2D eigenvalue weighted by atomic mass is 35.5. The molecule has 1 aromatic carbocycles. The van der Waals surface area contributed by atoms with Crippen LogP contribution in [-0.4, -0.2) is 42.9 Å². The molecule has 0 saturated heterocycles. The van der Waals surface area contributed by atoms with Crippen LogP contribution in [0.15, 0.2) is 18.2 Å². The third kappa shape index (κ3) is 3.41. The van der Waals surface area contributed by atoms with Crippen molar-refractivity contribution in [3.63, 3.8) is 0 Å². The molecule has 0 atom stereocenters. The van der Waals surface area contributed by atoms with Gasteiger partial charge >= 0.3 is 11.9 Å². The van der Waals surface area contributed by atoms with Gasteiger partial charge in [-0.1, -0.05) is 6.07 Å². The van der Waals surface area contributed by atoms with Gasteiger partial charge in [0.25, 0.3) is 5.91 Å². The lowest BCUT2D eigenvalue weighted by molar-refractivity contribution is -0.110. The predicted molar refractivity (Wildman–Crippen MR) is 106 cm³/mol. The number of fused-ring (bicyclic) bond motifs is 1. The first-order valence-electron chi connectivity index (χ1n) is 8.52. The lowest BCUT2D eigenvalue weighted by Gasteiger charge is -2.05. The average molecular weight is 403 g/mol. The number of methoxy groups -OCH3 is 2. The molecule has 1 aliphatic heterocycles. The number of halogens is 1. The van der Waals surface area contributed by atoms with Crippen molar-refractivity contribution < 1.29 is 23.9 Å². The molecule has 0 bridgehead atoms. The fourth-order valence-corrected chi connectivity index (χ4v) is 3.39. The van der Waals surface area contributed by atoms with Crippen molar-refractivity contribution in [3.8, 4) is 0 Å². The van der Waals surface area contributed by atoms with Gasteiger partial charge in [0, 0.05) is 34.0 Å². The van der Waals surface area contributed by atoms with Gasteiger partial charge < -0.3 is 19.8 Å². The van der Waals surface area contributed by atoms with E-state index in [9.17, 15) is 14.4 Å². The second-order valence-corrected chi connectivity index (χ2v) is 6.61. The van der Waals surface area contributed by atoms with Crippen LogP contribution < -0.4 is 5.32 Å². The summed E-state index contributed by atoms with van der Waals surface area (Å²) in [6, 6.07) is 5.62. The van der Waals surface area contributed by atoms with E-state index >= 15 is 0 Å². The molecule has 2 heterocycles. The highest BCUT2D eigenvalue weighted by molar-refractivity contribution is 6.35. The number of aromatic nitrogens is 1. The van der Waals surface area contributed by atoms with Crippen molar-refractivity contribution in [1.29, 1.82) is 0 Å². The second kappa shape index (κ2) is 7.90. The molecule has 0 unspecified atom stereocenters. The first-order valence-corrected chi connectivity index (χ1v) is 9.06. The number of H-pyrrole nitrogens is 1. The fourth-order valence-electron chi connectivity index (χ4n) is 3.18. The molecule has 0 radical (unpaired) electrons. The molecular weight excluding hydrogens is 384 g/mol. The van der Waals surface area contributed by atoms with Gasteiger partial charge in [0.05, 0.1) is 19.8 Å². The molecule has 0 fully saturated rings. The Labute approximate surface area is 166 Å². The summed E-state index contributed by atoms with van der Waals surface area (Å²) < 4.78 is 9.57. The van der Waals surface area contributed by atoms with Gasteiger partial charge in [-0.3, -0.25) is 4.79 Å². The van der Waals surface area contributed by atoms with Crippen LogP contribution in [0, 0.1) is 6.92 Å². The van der Waals surface area contributed by atoms with E-state index in [0.717, 1.165) is 5.56 Å². The van der Waals surface area contributed by atoms with Gasteiger partial charge in [-0.05, 0) is 37.1 Å². The molecular formula is C20H19ClN2O5. The minimum atomic E-state index is -0.703. The Kier molecular flexibility index (Phi) is 5.56. The van der Waals surface area contributed by atoms with E-state index < -0.39 is 11.9 Å². The minimum Gasteiger partial charge on any atom is -0.465 e. The number of nitrogens with one attached hydrogen (secondary N) is 2. The summed E-state index contributed by atoms with van der Waals surface area (Å²) in [6.45, 7) is 1.70. The monoisotopic (exact) mass is 402 g/mol. The summed E-state index contributed by atoms with van der Waals surface area (Å²) in [4.78, 5) is 39.8. The highest BCUT2D eigenvalue weighted by Gasteiger charge is 2.29. The molecule has 2 aromatic rings. The summed E-state index contributed by atoms with van der Waals surface area (Å²) in [6.07, 6.45) is 2.25. The van der Waals surface area contributed by atoms with Crippen molar-refractivity contribution in [2.45, 2.75) is 13.3 Å². The largest absolute Gasteiger partial charge is 0.465 e. The number of hydrogen-bond donors (Lipinski definition) is 2. The molecule has 3 rings (SSSR count). The van der Waals surface area contributed by atoms with Crippen LogP contribution >= 0.6 is 11.6 Å². The summed E-state index contributed by atoms with van der Waals surface area (Å²) in [5.41, 5.74) is 3.70. The number of alkyl halides is 1. The van der Waals surface area contributed by atoms with Gasteiger partial charge in [0.1, 0.15) is 5.69 Å². The maximum Gasteiger partial charge on any atom is 0.355 e. The molecule has 1 aromatic heterocycles. The van der Waals surface area contributed by atoms with Gasteiger partial charge in [-0.2, -0.15) is 0 Å². The third-order valence-corrected chi connectivity index (χ3v) is 4.74. The molecule has 0 aliphatic carbocycles. The lowest BCUT2D eigenvalue weighted by atomic mass is 9.99. The quantitative estimate of drug-likeness (QED) is 0.455. The minimum absolute atomic E-state index is 0.0202. The maximum atomic E-state index is 12.5. The van der Waals surface area contributed by atoms with Crippen LogP contribution in [0.2, 0.25) is 0 Å². The average Bonchev–Trinajstić information content (AvgIpc) is 3.18. The van der Waals surface area contributed by atoms with Gasteiger partial charge in [0.15, 0.2) is 0 Å². The Morgan fingerprint density at radius 2 is 1.89 bits per heavy atom. The number of carbonyl (C=O) groups is 3. The van der Waals surface area contributed by atoms with Crippen molar-refractivity contribution in [3.05, 3.63) is 51.8 Å². The molecule has 28 heavy (non-hydrogen) atoms. The third-order valence-electron chi connectivity index (χ3n) is 4.55. The van der Waals surface area contributed by atoms with Crippen molar-refractivity contribution in [2.75, 3.05) is 25.4 Å². The smallest absolute Gasteiger partial charge is 0.355 e. The Morgan fingerprint density at radius 3 is 2.54 bits per heavy atom. The molecule has 146 valence electrons. The number of ether oxygens (including phenoxy) is 2. The van der Waals surface area contributed by atoms with Crippen LogP contribution in [-0.2, 0) is 20.7 Å². The van der Waals surface area contributed by atoms with Crippen molar-refractivity contribution in [1.82, 2.24) is 4.98 Å². The van der Waals surface area contributed by atoms with Gasteiger partial charge in [0.2, 0.25) is 0 Å². The molecule has 2 N–H and O–H groups in total. The van der Waals surface area contributed by atoms with E-state index in [4.69, 9.17) is 21.1 Å². The molecule has 1 amide bonds. The van der Waals surface area contributed by atoms with Crippen LogP contribution in [0.1, 0.15) is 43.2 Å². The Bertz CT molecular complexity index is 1010. The summed E-state index contributed by atoms with van der Waals surface area (Å²) >= 11 is 5.82. The highest BCUT2D eigenvalue weighted by Crippen LogP contribution is 2.35. The zero-order valence-electron chi connectivity index (χ0n) is 15.6. The summed E-state index contributed by atoms with van der Waals surface area (Å²) in [5.74, 6) is -1.24. The Morgan fingerprint density at radius 1 is 1.18 bits per heavy atom. The van der Waals surface area contributed by atoms with E-state index in [1.54, 1.807) is 13.0 Å². The van der Waals surface area contributed by atoms with Crippen LogP contribution in [0.25, 0.3) is 11.6 Å². The second-order valence-electron chi connectivity index (χ2n) is 6.23. The van der Waals surface area contributed by atoms with Gasteiger partial charge in [-0.25, -0.2) is 9.59 Å². The topological polar surface area (TPSA) is 97.5 Å². The number of benzene rings is 1.